The Morgan fingerprint density at radius 1 is 1.40 bits per heavy atom. The average Bonchev–Trinajstić information content (AvgIpc) is 0.811. The third-order valence-electron chi connectivity index (χ3n) is 0. The van der Waals surface area contributed by atoms with Gasteiger partial charge in [0.15, 0.2) is 0 Å². The minimum absolute atomic E-state index is 0. The van der Waals surface area contributed by atoms with Gasteiger partial charge in [-0.25, -0.2) is 0 Å². The molecule has 0 atom stereocenters. The normalized spacial score (nSPS) is 7.20. The first-order chi connectivity index (χ1) is 1.73. The van der Waals surface area contributed by atoms with Crippen LogP contribution in [0.25, 0.3) is 0 Å². The van der Waals surface area contributed by atoms with Gasteiger partial charge < -0.3 is 11.3 Å². The standard InChI is InChI=1S/C3H8O.H3N/c1-3(2)4;/h3-4H,1-2H3;1H3. The zero-order valence-corrected chi connectivity index (χ0v) is 3.73. The smallest absolute Gasteiger partial charge is 0.0483 e. The first-order valence-electron chi connectivity index (χ1n) is 1.41. The summed E-state index contributed by atoms with van der Waals surface area (Å²) in [6, 6.07) is 0. The Balaban J connectivity index is 0. The van der Waals surface area contributed by atoms with Gasteiger partial charge in [-0.3, -0.25) is 0 Å². The summed E-state index contributed by atoms with van der Waals surface area (Å²) < 4.78 is 0. The molecular weight excluding hydrogens is 66.0 g/mol. The lowest BCUT2D eigenvalue weighted by Crippen LogP contribution is -1.85. The van der Waals surface area contributed by atoms with Crippen molar-refractivity contribution < 1.29 is 5.11 Å². The van der Waals surface area contributed by atoms with E-state index in [1.807, 2.05) is 0 Å². The molecule has 0 saturated heterocycles. The van der Waals surface area contributed by atoms with Gasteiger partial charge in [0.2, 0.25) is 0 Å². The van der Waals surface area contributed by atoms with Gasteiger partial charge in [0.05, 0.1) is 0 Å². The molecule has 5 heavy (non-hydrogen) atoms. The van der Waals surface area contributed by atoms with Gasteiger partial charge in [-0.15, -0.1) is 0 Å². The van der Waals surface area contributed by atoms with Crippen molar-refractivity contribution in [3.63, 3.8) is 0 Å². The van der Waals surface area contributed by atoms with Crippen LogP contribution in [0.3, 0.4) is 0 Å². The average molecular weight is 77.1 g/mol. The molecule has 0 saturated carbocycles. The van der Waals surface area contributed by atoms with E-state index in [2.05, 4.69) is 0 Å². The van der Waals surface area contributed by atoms with Gasteiger partial charge >= 0.3 is 0 Å². The highest BCUT2D eigenvalue weighted by atomic mass is 16.3. The van der Waals surface area contributed by atoms with Crippen LogP contribution in [0.2, 0.25) is 0 Å². The van der Waals surface area contributed by atoms with Crippen LogP contribution in [0.4, 0.5) is 0 Å². The molecule has 0 amide bonds. The SMILES string of the molecule is CC(C)O.N. The highest BCUT2D eigenvalue weighted by Gasteiger charge is 1.69. The summed E-state index contributed by atoms with van der Waals surface area (Å²) in [7, 11) is 0. The van der Waals surface area contributed by atoms with E-state index in [4.69, 9.17) is 5.11 Å². The van der Waals surface area contributed by atoms with E-state index >= 15 is 0 Å². The Kier molecular flexibility index (Phi) is 6.95. The van der Waals surface area contributed by atoms with Crippen LogP contribution in [0, 0.1) is 0 Å². The van der Waals surface area contributed by atoms with Gasteiger partial charge in [-0.05, 0) is 13.8 Å². The number of aliphatic hydroxyl groups excluding tert-OH is 1. The molecule has 0 bridgehead atoms. The predicted octanol–water partition coefficient (Wildman–Crippen LogP) is 0.549. The maximum absolute atomic E-state index is 8.06. The summed E-state index contributed by atoms with van der Waals surface area (Å²) in [6.45, 7) is 3.44. The minimum atomic E-state index is -0.167. The van der Waals surface area contributed by atoms with Gasteiger partial charge in [-0.1, -0.05) is 0 Å². The summed E-state index contributed by atoms with van der Waals surface area (Å²) in [5, 5.41) is 8.06. The molecule has 0 aromatic rings. The molecule has 0 aromatic carbocycles. The molecule has 0 heterocycles. The van der Waals surface area contributed by atoms with Gasteiger partial charge in [0.1, 0.15) is 0 Å². The first-order valence-corrected chi connectivity index (χ1v) is 1.41. The topological polar surface area (TPSA) is 55.2 Å². The van der Waals surface area contributed by atoms with Crippen molar-refractivity contribution in [2.75, 3.05) is 0 Å². The first kappa shape index (κ1) is 8.87. The summed E-state index contributed by atoms with van der Waals surface area (Å²) in [5.74, 6) is 0. The molecule has 0 aliphatic carbocycles. The molecule has 0 unspecified atom stereocenters. The largest absolute Gasteiger partial charge is 0.394 e. The maximum Gasteiger partial charge on any atom is 0.0483 e. The van der Waals surface area contributed by atoms with E-state index in [0.717, 1.165) is 0 Å². The number of rotatable bonds is 0. The number of aliphatic hydroxyl groups is 1. The fourth-order valence-corrected chi connectivity index (χ4v) is 0. The summed E-state index contributed by atoms with van der Waals surface area (Å²) in [5.41, 5.74) is 0. The highest BCUT2D eigenvalue weighted by molar-refractivity contribution is 4.20. The lowest BCUT2D eigenvalue weighted by atomic mass is 10.5. The van der Waals surface area contributed by atoms with E-state index in [1.165, 1.54) is 0 Å². The van der Waals surface area contributed by atoms with E-state index in [9.17, 15) is 0 Å². The van der Waals surface area contributed by atoms with E-state index in [1.54, 1.807) is 13.8 Å². The Morgan fingerprint density at radius 2 is 1.40 bits per heavy atom. The summed E-state index contributed by atoms with van der Waals surface area (Å²) >= 11 is 0. The molecule has 0 aliphatic heterocycles. The maximum atomic E-state index is 8.06. The molecular formula is C3H11NO. The molecule has 2 heteroatoms. The van der Waals surface area contributed by atoms with Gasteiger partial charge in [0.25, 0.3) is 0 Å². The second-order valence-electron chi connectivity index (χ2n) is 1.09. The molecule has 34 valence electrons. The molecule has 2 nitrogen and oxygen atoms in total. The number of hydrogen-bond acceptors (Lipinski definition) is 2. The van der Waals surface area contributed by atoms with Crippen LogP contribution in [0.5, 0.6) is 0 Å². The van der Waals surface area contributed by atoms with Gasteiger partial charge in [0, 0.05) is 6.10 Å². The fourth-order valence-electron chi connectivity index (χ4n) is 0. The molecule has 0 aliphatic rings. The van der Waals surface area contributed by atoms with E-state index < -0.39 is 0 Å². The second kappa shape index (κ2) is 3.92. The Labute approximate surface area is 32.4 Å². The monoisotopic (exact) mass is 77.1 g/mol. The second-order valence-corrected chi connectivity index (χ2v) is 1.09. The van der Waals surface area contributed by atoms with Crippen LogP contribution < -0.4 is 6.15 Å². The summed E-state index contributed by atoms with van der Waals surface area (Å²) in [4.78, 5) is 0. The highest BCUT2D eigenvalue weighted by Crippen LogP contribution is 1.65. The summed E-state index contributed by atoms with van der Waals surface area (Å²) in [6.07, 6.45) is -0.167. The van der Waals surface area contributed by atoms with Crippen molar-refractivity contribution in [3.05, 3.63) is 0 Å². The zero-order chi connectivity index (χ0) is 3.58. The van der Waals surface area contributed by atoms with Crippen molar-refractivity contribution in [2.45, 2.75) is 20.0 Å². The Hall–Kier alpha value is -0.0800. The van der Waals surface area contributed by atoms with Crippen LogP contribution >= 0.6 is 0 Å². The van der Waals surface area contributed by atoms with Crippen molar-refractivity contribution in [3.8, 4) is 0 Å². The Morgan fingerprint density at radius 3 is 1.40 bits per heavy atom. The van der Waals surface area contributed by atoms with E-state index in [-0.39, 0.29) is 12.3 Å². The molecule has 0 spiro atoms. The van der Waals surface area contributed by atoms with Crippen molar-refractivity contribution in [1.82, 2.24) is 6.15 Å². The lowest BCUT2D eigenvalue weighted by molar-refractivity contribution is 0.216. The van der Waals surface area contributed by atoms with Crippen LogP contribution in [-0.2, 0) is 0 Å². The van der Waals surface area contributed by atoms with E-state index in [0.29, 0.717) is 0 Å². The molecule has 0 rings (SSSR count). The zero-order valence-electron chi connectivity index (χ0n) is 3.73. The Bertz CT molecular complexity index is 11.6. The van der Waals surface area contributed by atoms with Crippen LogP contribution in [0.1, 0.15) is 13.8 Å². The molecule has 0 radical (unpaired) electrons. The quantitative estimate of drug-likeness (QED) is 0.443. The molecule has 0 fully saturated rings. The van der Waals surface area contributed by atoms with Crippen molar-refractivity contribution >= 4 is 0 Å². The fraction of sp³-hybridized carbons (Fsp3) is 1.00. The van der Waals surface area contributed by atoms with Gasteiger partial charge in [-0.2, -0.15) is 0 Å². The lowest BCUT2D eigenvalue weighted by Gasteiger charge is -1.80. The van der Waals surface area contributed by atoms with Crippen molar-refractivity contribution in [1.29, 1.82) is 0 Å². The third-order valence-corrected chi connectivity index (χ3v) is 0. The third kappa shape index (κ3) is 2260. The predicted molar refractivity (Wildman–Crippen MR) is 22.4 cm³/mol. The molecule has 4 N–H and O–H groups in total. The van der Waals surface area contributed by atoms with Crippen LogP contribution in [0.15, 0.2) is 0 Å². The van der Waals surface area contributed by atoms with Crippen molar-refractivity contribution in [2.24, 2.45) is 0 Å². The van der Waals surface area contributed by atoms with Crippen LogP contribution in [-0.4, -0.2) is 11.2 Å². The minimum Gasteiger partial charge on any atom is -0.394 e. The molecule has 0 aromatic heterocycles. The number of hydrogen-bond donors (Lipinski definition) is 2.